The van der Waals surface area contributed by atoms with E-state index >= 15 is 0 Å². The zero-order valence-corrected chi connectivity index (χ0v) is 15.6. The Labute approximate surface area is 160 Å². The third-order valence-electron chi connectivity index (χ3n) is 4.83. The number of amides is 2. The summed E-state index contributed by atoms with van der Waals surface area (Å²) < 4.78 is 0. The topological polar surface area (TPSA) is 74.3 Å². The molecule has 0 bridgehead atoms. The highest BCUT2D eigenvalue weighted by Gasteiger charge is 2.16. The molecule has 1 aromatic carbocycles. The second-order valence-electron chi connectivity index (χ2n) is 7.08. The molecule has 2 aromatic rings. The van der Waals surface area contributed by atoms with Gasteiger partial charge in [-0.05, 0) is 54.7 Å². The van der Waals surface area contributed by atoms with Crippen LogP contribution in [0.5, 0.6) is 0 Å². The molecule has 1 aliphatic rings. The van der Waals surface area contributed by atoms with E-state index in [1.807, 2.05) is 36.4 Å². The van der Waals surface area contributed by atoms with Crippen molar-refractivity contribution >= 4 is 23.2 Å². The molecule has 2 N–H and O–H groups in total. The summed E-state index contributed by atoms with van der Waals surface area (Å²) in [6.45, 7) is 4.81. The van der Waals surface area contributed by atoms with Gasteiger partial charge in [-0.15, -0.1) is 0 Å². The highest BCUT2D eigenvalue weighted by Crippen LogP contribution is 2.24. The number of benzene rings is 1. The fraction of sp³-hybridized carbons (Fsp3) is 0.381. The van der Waals surface area contributed by atoms with E-state index in [2.05, 4.69) is 27.4 Å². The summed E-state index contributed by atoms with van der Waals surface area (Å²) in [4.78, 5) is 30.3. The van der Waals surface area contributed by atoms with Gasteiger partial charge in [0.1, 0.15) is 6.42 Å². The number of hydrogen-bond donors (Lipinski definition) is 2. The molecule has 0 radical (unpaired) electrons. The van der Waals surface area contributed by atoms with Crippen LogP contribution in [-0.2, 0) is 16.1 Å². The molecule has 1 saturated heterocycles. The lowest BCUT2D eigenvalue weighted by Crippen LogP contribution is -2.32. The first kappa shape index (κ1) is 18.9. The smallest absolute Gasteiger partial charge is 0.233 e. The van der Waals surface area contributed by atoms with E-state index in [1.54, 1.807) is 12.4 Å². The van der Waals surface area contributed by atoms with Crippen molar-refractivity contribution in [2.24, 2.45) is 5.92 Å². The van der Waals surface area contributed by atoms with Gasteiger partial charge in [-0.25, -0.2) is 0 Å². The summed E-state index contributed by atoms with van der Waals surface area (Å²) in [5.41, 5.74) is 2.78. The zero-order valence-electron chi connectivity index (χ0n) is 15.6. The zero-order chi connectivity index (χ0) is 19.1. The lowest BCUT2D eigenvalue weighted by Gasteiger charge is -2.32. The molecule has 27 heavy (non-hydrogen) atoms. The Hall–Kier alpha value is -2.89. The van der Waals surface area contributed by atoms with Crippen LogP contribution in [0.3, 0.4) is 0 Å². The average Bonchev–Trinajstić information content (AvgIpc) is 2.68. The van der Waals surface area contributed by atoms with E-state index in [0.717, 1.165) is 24.6 Å². The second kappa shape index (κ2) is 9.16. The molecule has 2 heterocycles. The summed E-state index contributed by atoms with van der Waals surface area (Å²) in [5.74, 6) is 0.165. The maximum absolute atomic E-state index is 12.1. The first-order valence-corrected chi connectivity index (χ1v) is 9.40. The molecule has 0 atom stereocenters. The van der Waals surface area contributed by atoms with Gasteiger partial charge in [-0.1, -0.05) is 13.0 Å². The molecule has 142 valence electrons. The standard InChI is InChI=1S/C21H26N4O2/c1-16-8-11-25(12-9-16)19-6-4-18(5-7-19)24-21(27)13-20(26)23-15-17-3-2-10-22-14-17/h2-7,10,14,16H,8-9,11-13,15H2,1H3,(H,23,26)(H,24,27). The van der Waals surface area contributed by atoms with Crippen LogP contribution >= 0.6 is 0 Å². The van der Waals surface area contributed by atoms with Gasteiger partial charge in [0.25, 0.3) is 0 Å². The third-order valence-corrected chi connectivity index (χ3v) is 4.83. The van der Waals surface area contributed by atoms with Crippen molar-refractivity contribution in [1.29, 1.82) is 0 Å². The van der Waals surface area contributed by atoms with Crippen LogP contribution in [0.25, 0.3) is 0 Å². The SMILES string of the molecule is CC1CCN(c2ccc(NC(=O)CC(=O)NCc3cccnc3)cc2)CC1. The van der Waals surface area contributed by atoms with Gasteiger partial charge >= 0.3 is 0 Å². The minimum atomic E-state index is -0.321. The van der Waals surface area contributed by atoms with Crippen molar-refractivity contribution < 1.29 is 9.59 Å². The average molecular weight is 366 g/mol. The summed E-state index contributed by atoms with van der Waals surface area (Å²) in [5, 5.41) is 5.50. The van der Waals surface area contributed by atoms with Gasteiger partial charge in [-0.3, -0.25) is 14.6 Å². The van der Waals surface area contributed by atoms with Gasteiger partial charge in [0.2, 0.25) is 11.8 Å². The molecule has 0 unspecified atom stereocenters. The maximum Gasteiger partial charge on any atom is 0.233 e. The highest BCUT2D eigenvalue weighted by atomic mass is 16.2. The van der Waals surface area contributed by atoms with Crippen LogP contribution in [-0.4, -0.2) is 29.9 Å². The molecule has 1 aliphatic heterocycles. The predicted molar refractivity (Wildman–Crippen MR) is 106 cm³/mol. The fourth-order valence-corrected chi connectivity index (χ4v) is 3.14. The number of nitrogens with zero attached hydrogens (tertiary/aromatic N) is 2. The summed E-state index contributed by atoms with van der Waals surface area (Å²) in [6, 6.07) is 11.5. The molecular weight excluding hydrogens is 340 g/mol. The van der Waals surface area contributed by atoms with E-state index in [4.69, 9.17) is 0 Å². The lowest BCUT2D eigenvalue weighted by molar-refractivity contribution is -0.126. The molecule has 6 nitrogen and oxygen atoms in total. The Kier molecular flexibility index (Phi) is 6.41. The highest BCUT2D eigenvalue weighted by molar-refractivity contribution is 6.03. The number of anilines is 2. The van der Waals surface area contributed by atoms with E-state index < -0.39 is 0 Å². The quantitative estimate of drug-likeness (QED) is 0.771. The molecular formula is C21H26N4O2. The first-order chi connectivity index (χ1) is 13.1. The van der Waals surface area contributed by atoms with Crippen molar-refractivity contribution in [2.45, 2.75) is 32.7 Å². The van der Waals surface area contributed by atoms with Gasteiger partial charge < -0.3 is 15.5 Å². The molecule has 0 aliphatic carbocycles. The molecule has 0 saturated carbocycles. The number of aromatic nitrogens is 1. The van der Waals surface area contributed by atoms with E-state index in [9.17, 15) is 9.59 Å². The van der Waals surface area contributed by atoms with Crippen molar-refractivity contribution in [3.63, 3.8) is 0 Å². The lowest BCUT2D eigenvalue weighted by atomic mass is 9.99. The minimum Gasteiger partial charge on any atom is -0.372 e. The fourth-order valence-electron chi connectivity index (χ4n) is 3.14. The Balaban J connectivity index is 1.44. The summed E-state index contributed by atoms with van der Waals surface area (Å²) in [6.07, 6.45) is 5.59. The normalized spacial score (nSPS) is 14.6. The summed E-state index contributed by atoms with van der Waals surface area (Å²) in [7, 11) is 0. The molecule has 0 spiro atoms. The van der Waals surface area contributed by atoms with Gasteiger partial charge in [0.15, 0.2) is 0 Å². The minimum absolute atomic E-state index is 0.202. The number of piperidine rings is 1. The second-order valence-corrected chi connectivity index (χ2v) is 7.08. The molecule has 6 heteroatoms. The molecule has 1 aromatic heterocycles. The van der Waals surface area contributed by atoms with Crippen molar-refractivity contribution in [3.05, 3.63) is 54.4 Å². The van der Waals surface area contributed by atoms with E-state index in [-0.39, 0.29) is 18.2 Å². The Morgan fingerprint density at radius 3 is 2.52 bits per heavy atom. The third kappa shape index (κ3) is 5.81. The van der Waals surface area contributed by atoms with Crippen molar-refractivity contribution in [2.75, 3.05) is 23.3 Å². The molecule has 1 fully saturated rings. The number of hydrogen-bond acceptors (Lipinski definition) is 4. The van der Waals surface area contributed by atoms with Gasteiger partial charge in [0.05, 0.1) is 0 Å². The Morgan fingerprint density at radius 1 is 1.11 bits per heavy atom. The number of pyridine rings is 1. The van der Waals surface area contributed by atoms with Crippen LogP contribution in [0.2, 0.25) is 0 Å². The van der Waals surface area contributed by atoms with E-state index in [0.29, 0.717) is 12.2 Å². The predicted octanol–water partition coefficient (Wildman–Crippen LogP) is 2.96. The number of carbonyl (C=O) groups excluding carboxylic acids is 2. The van der Waals surface area contributed by atoms with Crippen LogP contribution in [0.1, 0.15) is 31.7 Å². The largest absolute Gasteiger partial charge is 0.372 e. The van der Waals surface area contributed by atoms with Crippen molar-refractivity contribution in [1.82, 2.24) is 10.3 Å². The Bertz CT molecular complexity index is 754. The van der Waals surface area contributed by atoms with Gasteiger partial charge in [0, 0.05) is 43.4 Å². The first-order valence-electron chi connectivity index (χ1n) is 9.40. The van der Waals surface area contributed by atoms with Crippen LogP contribution < -0.4 is 15.5 Å². The maximum atomic E-state index is 12.1. The number of rotatable bonds is 6. The Morgan fingerprint density at radius 2 is 1.85 bits per heavy atom. The number of nitrogens with one attached hydrogen (secondary N) is 2. The summed E-state index contributed by atoms with van der Waals surface area (Å²) >= 11 is 0. The monoisotopic (exact) mass is 366 g/mol. The van der Waals surface area contributed by atoms with E-state index in [1.165, 1.54) is 18.5 Å². The van der Waals surface area contributed by atoms with Crippen molar-refractivity contribution in [3.8, 4) is 0 Å². The molecule has 3 rings (SSSR count). The van der Waals surface area contributed by atoms with Crippen LogP contribution in [0.4, 0.5) is 11.4 Å². The molecule has 2 amide bonds. The van der Waals surface area contributed by atoms with Crippen LogP contribution in [0, 0.1) is 5.92 Å². The number of carbonyl (C=O) groups is 2. The van der Waals surface area contributed by atoms with Gasteiger partial charge in [-0.2, -0.15) is 0 Å². The van der Waals surface area contributed by atoms with Crippen LogP contribution in [0.15, 0.2) is 48.8 Å².